The second kappa shape index (κ2) is 12.4. The van der Waals surface area contributed by atoms with Crippen LogP contribution in [-0.2, 0) is 18.9 Å². The average Bonchev–Trinajstić information content (AvgIpc) is 3.08. The molecule has 0 atom stereocenters. The first-order valence-corrected chi connectivity index (χ1v) is 11.5. The molecule has 0 aromatic rings. The maximum absolute atomic E-state index is 13.4. The summed E-state index contributed by atoms with van der Waals surface area (Å²) in [4.78, 5) is 33.2. The average molecular weight is 445 g/mol. The summed E-state index contributed by atoms with van der Waals surface area (Å²) in [7, 11) is 0. The van der Waals surface area contributed by atoms with Gasteiger partial charge in [-0.1, -0.05) is 27.7 Å². The smallest absolute Gasteiger partial charge is 0.327 e. The number of amides is 4. The Bertz CT molecular complexity index is 534. The van der Waals surface area contributed by atoms with Crippen molar-refractivity contribution in [1.29, 1.82) is 0 Å². The van der Waals surface area contributed by atoms with Crippen molar-refractivity contribution in [3.8, 4) is 0 Å². The molecule has 2 aliphatic heterocycles. The number of hydrogen-bond acceptors (Lipinski definition) is 6. The van der Waals surface area contributed by atoms with Gasteiger partial charge < -0.3 is 18.9 Å². The van der Waals surface area contributed by atoms with E-state index >= 15 is 0 Å². The molecule has 2 aliphatic rings. The predicted octanol–water partition coefficient (Wildman–Crippen LogP) is 3.04. The van der Waals surface area contributed by atoms with Gasteiger partial charge in [0.25, 0.3) is 0 Å². The largest absolute Gasteiger partial charge is 0.361 e. The number of urea groups is 2. The number of carbonyl (C=O) groups is 2. The zero-order valence-electron chi connectivity index (χ0n) is 19.8. The fourth-order valence-electron chi connectivity index (χ4n) is 3.93. The number of carbonyl (C=O) groups excluding carboxylic acids is 2. The molecule has 10 heteroatoms. The fraction of sp³-hybridized carbons (Fsp3) is 0.905. The molecule has 2 fully saturated rings. The van der Waals surface area contributed by atoms with Crippen molar-refractivity contribution in [1.82, 2.24) is 19.6 Å². The van der Waals surface area contributed by atoms with E-state index in [2.05, 4.69) is 0 Å². The molecule has 2 rings (SSSR count). The minimum absolute atomic E-state index is 0.0885. The third-order valence-corrected chi connectivity index (χ3v) is 5.42. The summed E-state index contributed by atoms with van der Waals surface area (Å²) in [6.45, 7) is 12.4. The van der Waals surface area contributed by atoms with E-state index in [1.807, 2.05) is 34.6 Å². The maximum atomic E-state index is 13.4. The number of hydrogen-bond donors (Lipinski definition) is 0. The standard InChI is InChI=1S/C21H40N4O6/c1-6-10-28-14-22-18-21(5,24(19(22)26)16-30-12-8-3)25(17-31-13-9-4)20(27)23(18)15-29-11-7-2/h18H,6-17H2,1-5H3. The minimum Gasteiger partial charge on any atom is -0.361 e. The molecule has 0 N–H and O–H groups in total. The van der Waals surface area contributed by atoms with E-state index in [0.29, 0.717) is 26.4 Å². The van der Waals surface area contributed by atoms with Crippen molar-refractivity contribution in [3.05, 3.63) is 0 Å². The lowest BCUT2D eigenvalue weighted by Crippen LogP contribution is -2.59. The molecule has 10 nitrogen and oxygen atoms in total. The van der Waals surface area contributed by atoms with Crippen molar-refractivity contribution >= 4 is 12.1 Å². The number of rotatable bonds is 16. The molecule has 0 bridgehead atoms. The van der Waals surface area contributed by atoms with E-state index < -0.39 is 11.8 Å². The van der Waals surface area contributed by atoms with Gasteiger partial charge in [0.1, 0.15) is 26.9 Å². The summed E-state index contributed by atoms with van der Waals surface area (Å²) in [6.07, 6.45) is 2.78. The zero-order chi connectivity index (χ0) is 22.9. The van der Waals surface area contributed by atoms with E-state index in [4.69, 9.17) is 18.9 Å². The van der Waals surface area contributed by atoms with Gasteiger partial charge in [0.05, 0.1) is 0 Å². The second-order valence-corrected chi connectivity index (χ2v) is 7.98. The van der Waals surface area contributed by atoms with E-state index in [9.17, 15) is 9.59 Å². The Balaban J connectivity index is 2.36. The molecule has 0 aromatic heterocycles. The van der Waals surface area contributed by atoms with Crippen LogP contribution in [0.3, 0.4) is 0 Å². The summed E-state index contributed by atoms with van der Waals surface area (Å²) in [6, 6.07) is -0.457. The van der Waals surface area contributed by atoms with Crippen LogP contribution in [0.1, 0.15) is 60.3 Å². The van der Waals surface area contributed by atoms with E-state index in [1.165, 1.54) is 0 Å². The molecular formula is C21H40N4O6. The van der Waals surface area contributed by atoms with E-state index in [0.717, 1.165) is 25.7 Å². The summed E-state index contributed by atoms with van der Waals surface area (Å²) >= 11 is 0. The fourth-order valence-corrected chi connectivity index (χ4v) is 3.93. The highest BCUT2D eigenvalue weighted by atomic mass is 16.5. The Morgan fingerprint density at radius 1 is 0.645 bits per heavy atom. The molecule has 0 aromatic carbocycles. The van der Waals surface area contributed by atoms with Gasteiger partial charge in [0.2, 0.25) is 0 Å². The van der Waals surface area contributed by atoms with Crippen molar-refractivity contribution < 1.29 is 28.5 Å². The van der Waals surface area contributed by atoms with Crippen LogP contribution >= 0.6 is 0 Å². The van der Waals surface area contributed by atoms with Crippen LogP contribution in [0.2, 0.25) is 0 Å². The number of fused-ring (bicyclic) bond motifs is 1. The van der Waals surface area contributed by atoms with Crippen LogP contribution in [-0.4, -0.2) is 96.8 Å². The SMILES string of the molecule is CCCOCN1C(=O)N(COCCC)C2(C)C1N(COCCC)C(=O)N2COCCC. The summed E-state index contributed by atoms with van der Waals surface area (Å²) in [5, 5.41) is 0. The maximum Gasteiger partial charge on any atom is 0.327 e. The van der Waals surface area contributed by atoms with Gasteiger partial charge in [-0.15, -0.1) is 0 Å². The lowest BCUT2D eigenvalue weighted by Gasteiger charge is -2.38. The normalized spacial score (nSPS) is 23.5. The summed E-state index contributed by atoms with van der Waals surface area (Å²) in [5.41, 5.74) is -0.971. The molecular weight excluding hydrogens is 404 g/mol. The second-order valence-electron chi connectivity index (χ2n) is 7.98. The molecule has 4 amide bonds. The highest BCUT2D eigenvalue weighted by Gasteiger charge is 2.67. The Labute approximate surface area is 186 Å². The lowest BCUT2D eigenvalue weighted by atomic mass is 10.1. The molecule has 0 spiro atoms. The van der Waals surface area contributed by atoms with Crippen molar-refractivity contribution in [2.24, 2.45) is 0 Å². The molecule has 2 heterocycles. The topological polar surface area (TPSA) is 84.0 Å². The Morgan fingerprint density at radius 2 is 0.968 bits per heavy atom. The van der Waals surface area contributed by atoms with Crippen LogP contribution in [0, 0.1) is 0 Å². The minimum atomic E-state index is -0.971. The van der Waals surface area contributed by atoms with Crippen molar-refractivity contribution in [2.75, 3.05) is 53.4 Å². The highest BCUT2D eigenvalue weighted by Crippen LogP contribution is 2.43. The molecule has 0 radical (unpaired) electrons. The van der Waals surface area contributed by atoms with Crippen LogP contribution < -0.4 is 0 Å². The first-order chi connectivity index (χ1) is 15.0. The van der Waals surface area contributed by atoms with Crippen LogP contribution in [0.25, 0.3) is 0 Å². The number of ether oxygens (including phenoxy) is 4. The lowest BCUT2D eigenvalue weighted by molar-refractivity contribution is -0.0841. The van der Waals surface area contributed by atoms with Crippen LogP contribution in [0.15, 0.2) is 0 Å². The van der Waals surface area contributed by atoms with E-state index in [-0.39, 0.29) is 39.0 Å². The van der Waals surface area contributed by atoms with Gasteiger partial charge in [-0.3, -0.25) is 19.6 Å². The molecule has 31 heavy (non-hydrogen) atoms. The van der Waals surface area contributed by atoms with Crippen LogP contribution in [0.4, 0.5) is 9.59 Å². The molecule has 180 valence electrons. The number of nitrogens with zero attached hydrogens (tertiary/aromatic N) is 4. The van der Waals surface area contributed by atoms with Gasteiger partial charge in [-0.25, -0.2) is 9.59 Å². The van der Waals surface area contributed by atoms with Gasteiger partial charge >= 0.3 is 12.1 Å². The molecule has 2 saturated heterocycles. The highest BCUT2D eigenvalue weighted by molar-refractivity contribution is 5.86. The van der Waals surface area contributed by atoms with Gasteiger partial charge in [0, 0.05) is 26.4 Å². The van der Waals surface area contributed by atoms with Crippen molar-refractivity contribution in [3.63, 3.8) is 0 Å². The zero-order valence-corrected chi connectivity index (χ0v) is 19.8. The molecule has 0 unspecified atom stereocenters. The Hall–Kier alpha value is -1.62. The third kappa shape index (κ3) is 5.42. The summed E-state index contributed by atoms with van der Waals surface area (Å²) in [5.74, 6) is 0. The first kappa shape index (κ1) is 25.6. The van der Waals surface area contributed by atoms with Gasteiger partial charge in [0.15, 0.2) is 11.8 Å². The van der Waals surface area contributed by atoms with Gasteiger partial charge in [-0.2, -0.15) is 0 Å². The van der Waals surface area contributed by atoms with Gasteiger partial charge in [-0.05, 0) is 32.6 Å². The third-order valence-electron chi connectivity index (χ3n) is 5.42. The summed E-state index contributed by atoms with van der Waals surface area (Å²) < 4.78 is 22.9. The molecule has 0 aliphatic carbocycles. The monoisotopic (exact) mass is 444 g/mol. The Kier molecular flexibility index (Phi) is 10.3. The first-order valence-electron chi connectivity index (χ1n) is 11.5. The predicted molar refractivity (Wildman–Crippen MR) is 115 cm³/mol. The quantitative estimate of drug-likeness (QED) is 0.340. The van der Waals surface area contributed by atoms with Crippen molar-refractivity contribution in [2.45, 2.75) is 72.1 Å². The molecule has 0 saturated carbocycles. The van der Waals surface area contributed by atoms with Crippen LogP contribution in [0.5, 0.6) is 0 Å². The van der Waals surface area contributed by atoms with E-state index in [1.54, 1.807) is 19.6 Å². The Morgan fingerprint density at radius 3 is 1.29 bits per heavy atom.